The van der Waals surface area contributed by atoms with E-state index in [-0.39, 0.29) is 5.97 Å². The summed E-state index contributed by atoms with van der Waals surface area (Å²) in [6.07, 6.45) is 3.55. The summed E-state index contributed by atoms with van der Waals surface area (Å²) in [5.41, 5.74) is -0.485. The first-order valence-corrected chi connectivity index (χ1v) is 9.34. The number of ether oxygens (including phenoxy) is 2. The average Bonchev–Trinajstić information content (AvgIpc) is 2.55. The van der Waals surface area contributed by atoms with Gasteiger partial charge in [-0.2, -0.15) is 0 Å². The number of hydrogen-bond acceptors (Lipinski definition) is 5. The number of carbonyl (C=O) groups excluding carboxylic acids is 2. The van der Waals surface area contributed by atoms with Crippen LogP contribution < -0.4 is 16.0 Å². The third kappa shape index (κ3) is 15.5. The van der Waals surface area contributed by atoms with Crippen LogP contribution in [0.3, 0.4) is 0 Å². The topological polar surface area (TPSA) is 101 Å². The molecule has 0 saturated carbocycles. The molecular weight excluding hydrogens is 336 g/mol. The Kier molecular flexibility index (Phi) is 13.1. The fourth-order valence-electron chi connectivity index (χ4n) is 2.00. The van der Waals surface area contributed by atoms with E-state index in [1.54, 1.807) is 0 Å². The fraction of sp³-hybridized carbons (Fsp3) is 0.833. The molecule has 0 aliphatic rings. The number of hydrogen-bond donors (Lipinski definition) is 3. The molecule has 0 aromatic carbocycles. The molecule has 0 unspecified atom stereocenters. The third-order valence-corrected chi connectivity index (χ3v) is 3.20. The molecule has 0 rings (SSSR count). The van der Waals surface area contributed by atoms with Crippen molar-refractivity contribution in [2.45, 2.75) is 65.4 Å². The van der Waals surface area contributed by atoms with E-state index in [4.69, 9.17) is 4.74 Å². The van der Waals surface area contributed by atoms with Crippen molar-refractivity contribution in [1.82, 2.24) is 16.0 Å². The lowest BCUT2D eigenvalue weighted by molar-refractivity contribution is -0.140. The van der Waals surface area contributed by atoms with Crippen LogP contribution >= 0.6 is 0 Å². The lowest BCUT2D eigenvalue weighted by Crippen LogP contribution is -2.38. The molecule has 3 N–H and O–H groups in total. The van der Waals surface area contributed by atoms with Crippen LogP contribution in [0, 0.1) is 0 Å². The number of amides is 1. The number of nitrogens with zero attached hydrogens (tertiary/aromatic N) is 1. The predicted octanol–water partition coefficient (Wildman–Crippen LogP) is 2.19. The molecule has 0 aliphatic carbocycles. The van der Waals surface area contributed by atoms with Gasteiger partial charge in [-0.25, -0.2) is 4.79 Å². The maximum Gasteiger partial charge on any atom is 0.407 e. The SMILES string of the molecule is CCNC(=NCCCNC(=O)OC(C)(C)C)NCCCCCC(=O)OC. The molecule has 0 bridgehead atoms. The van der Waals surface area contributed by atoms with Gasteiger partial charge < -0.3 is 25.4 Å². The van der Waals surface area contributed by atoms with Gasteiger partial charge >= 0.3 is 12.1 Å². The van der Waals surface area contributed by atoms with Gasteiger partial charge in [-0.05, 0) is 47.0 Å². The number of esters is 1. The standard InChI is InChI=1S/C18H36N4O4/c1-6-19-16(20-12-9-7-8-11-15(23)25-5)21-13-10-14-22-17(24)26-18(2,3)4/h6-14H2,1-5H3,(H,22,24)(H2,19,20,21). The molecule has 0 heterocycles. The van der Waals surface area contributed by atoms with Crippen molar-refractivity contribution in [3.8, 4) is 0 Å². The molecule has 26 heavy (non-hydrogen) atoms. The Hall–Kier alpha value is -1.99. The molecule has 0 aliphatic heterocycles. The Morgan fingerprint density at radius 3 is 2.27 bits per heavy atom. The van der Waals surface area contributed by atoms with E-state index < -0.39 is 11.7 Å². The summed E-state index contributed by atoms with van der Waals surface area (Å²) in [4.78, 5) is 27.0. The average molecular weight is 373 g/mol. The summed E-state index contributed by atoms with van der Waals surface area (Å²) in [5, 5.41) is 9.16. The van der Waals surface area contributed by atoms with Gasteiger partial charge in [0.25, 0.3) is 0 Å². The number of unbranched alkanes of at least 4 members (excludes halogenated alkanes) is 2. The number of guanidine groups is 1. The second-order valence-electron chi connectivity index (χ2n) is 6.86. The van der Waals surface area contributed by atoms with Gasteiger partial charge in [-0.3, -0.25) is 9.79 Å². The molecule has 0 radical (unpaired) electrons. The van der Waals surface area contributed by atoms with Gasteiger partial charge in [0.1, 0.15) is 5.60 Å². The first-order chi connectivity index (χ1) is 12.3. The Bertz CT molecular complexity index is 433. The number of rotatable bonds is 11. The van der Waals surface area contributed by atoms with Gasteiger partial charge in [0.2, 0.25) is 0 Å². The van der Waals surface area contributed by atoms with Crippen LogP contribution in [0.4, 0.5) is 4.79 Å². The zero-order chi connectivity index (χ0) is 19.8. The van der Waals surface area contributed by atoms with Crippen molar-refractivity contribution in [3.63, 3.8) is 0 Å². The molecule has 0 aromatic heterocycles. The van der Waals surface area contributed by atoms with Gasteiger partial charge in [-0.1, -0.05) is 6.42 Å². The minimum absolute atomic E-state index is 0.159. The maximum atomic E-state index is 11.5. The van der Waals surface area contributed by atoms with Crippen molar-refractivity contribution in [2.24, 2.45) is 4.99 Å². The van der Waals surface area contributed by atoms with E-state index in [0.717, 1.165) is 44.7 Å². The highest BCUT2D eigenvalue weighted by Crippen LogP contribution is 2.06. The quantitative estimate of drug-likeness (QED) is 0.222. The summed E-state index contributed by atoms with van der Waals surface area (Å²) in [6, 6.07) is 0. The summed E-state index contributed by atoms with van der Waals surface area (Å²) in [5.74, 6) is 0.602. The van der Waals surface area contributed by atoms with Crippen LogP contribution in [-0.4, -0.2) is 56.9 Å². The lowest BCUT2D eigenvalue weighted by Gasteiger charge is -2.19. The van der Waals surface area contributed by atoms with Crippen LogP contribution in [-0.2, 0) is 14.3 Å². The Labute approximate surface area is 157 Å². The summed E-state index contributed by atoms with van der Waals surface area (Å²) < 4.78 is 9.78. The Morgan fingerprint density at radius 1 is 0.962 bits per heavy atom. The van der Waals surface area contributed by atoms with Gasteiger partial charge in [0.05, 0.1) is 7.11 Å². The second kappa shape index (κ2) is 14.2. The van der Waals surface area contributed by atoms with Crippen LogP contribution in [0.1, 0.15) is 59.8 Å². The zero-order valence-corrected chi connectivity index (χ0v) is 16.9. The monoisotopic (exact) mass is 372 g/mol. The van der Waals surface area contributed by atoms with Crippen LogP contribution in [0.15, 0.2) is 4.99 Å². The molecule has 0 atom stereocenters. The normalized spacial score (nSPS) is 11.7. The van der Waals surface area contributed by atoms with E-state index in [1.165, 1.54) is 7.11 Å². The van der Waals surface area contributed by atoms with Crippen molar-refractivity contribution in [2.75, 3.05) is 33.3 Å². The molecule has 0 saturated heterocycles. The van der Waals surface area contributed by atoms with Crippen molar-refractivity contribution in [3.05, 3.63) is 0 Å². The molecule has 8 nitrogen and oxygen atoms in total. The van der Waals surface area contributed by atoms with E-state index >= 15 is 0 Å². The molecule has 0 spiro atoms. The highest BCUT2D eigenvalue weighted by molar-refractivity contribution is 5.79. The van der Waals surface area contributed by atoms with Crippen molar-refractivity contribution >= 4 is 18.0 Å². The minimum Gasteiger partial charge on any atom is -0.469 e. The van der Waals surface area contributed by atoms with Crippen molar-refractivity contribution in [1.29, 1.82) is 0 Å². The third-order valence-electron chi connectivity index (χ3n) is 3.20. The number of aliphatic imine (C=N–C) groups is 1. The summed E-state index contributed by atoms with van der Waals surface area (Å²) in [6.45, 7) is 10.2. The minimum atomic E-state index is -0.485. The second-order valence-corrected chi connectivity index (χ2v) is 6.86. The molecule has 1 amide bonds. The first-order valence-electron chi connectivity index (χ1n) is 9.34. The largest absolute Gasteiger partial charge is 0.469 e. The smallest absolute Gasteiger partial charge is 0.407 e. The number of nitrogens with one attached hydrogen (secondary N) is 3. The molecule has 0 fully saturated rings. The number of methoxy groups -OCH3 is 1. The van der Waals surface area contributed by atoms with Crippen molar-refractivity contribution < 1.29 is 19.1 Å². The molecule has 152 valence electrons. The van der Waals surface area contributed by atoms with Crippen LogP contribution in [0.2, 0.25) is 0 Å². The number of carbonyl (C=O) groups is 2. The van der Waals surface area contributed by atoms with Gasteiger partial charge in [-0.15, -0.1) is 0 Å². The molecular formula is C18H36N4O4. The molecule has 8 heteroatoms. The van der Waals surface area contributed by atoms with E-state index in [1.807, 2.05) is 27.7 Å². The van der Waals surface area contributed by atoms with Crippen LogP contribution in [0.25, 0.3) is 0 Å². The van der Waals surface area contributed by atoms with Gasteiger partial charge in [0.15, 0.2) is 5.96 Å². The number of alkyl carbamates (subject to hydrolysis) is 1. The molecule has 0 aromatic rings. The fourth-order valence-corrected chi connectivity index (χ4v) is 2.00. The summed E-state index contributed by atoms with van der Waals surface area (Å²) >= 11 is 0. The Morgan fingerprint density at radius 2 is 1.65 bits per heavy atom. The Balaban J connectivity index is 3.88. The summed E-state index contributed by atoms with van der Waals surface area (Å²) in [7, 11) is 1.41. The highest BCUT2D eigenvalue weighted by atomic mass is 16.6. The van der Waals surface area contributed by atoms with E-state index in [2.05, 4.69) is 25.7 Å². The zero-order valence-electron chi connectivity index (χ0n) is 16.9. The predicted molar refractivity (Wildman–Crippen MR) is 103 cm³/mol. The maximum absolute atomic E-state index is 11.5. The van der Waals surface area contributed by atoms with Gasteiger partial charge in [0, 0.05) is 32.6 Å². The van der Waals surface area contributed by atoms with E-state index in [0.29, 0.717) is 19.5 Å². The van der Waals surface area contributed by atoms with E-state index in [9.17, 15) is 9.59 Å². The lowest BCUT2D eigenvalue weighted by atomic mass is 10.2. The van der Waals surface area contributed by atoms with Crippen LogP contribution in [0.5, 0.6) is 0 Å². The highest BCUT2D eigenvalue weighted by Gasteiger charge is 2.15. The first kappa shape index (κ1) is 24.0.